The van der Waals surface area contributed by atoms with Crippen molar-refractivity contribution in [1.82, 2.24) is 14.9 Å². The van der Waals surface area contributed by atoms with E-state index in [9.17, 15) is 22.8 Å². The molecule has 0 unspecified atom stereocenters. The van der Waals surface area contributed by atoms with Gasteiger partial charge in [-0.05, 0) is 30.3 Å². The smallest absolute Gasteiger partial charge is 0.351 e. The third kappa shape index (κ3) is 4.88. The van der Waals surface area contributed by atoms with E-state index in [-0.39, 0.29) is 40.0 Å². The van der Waals surface area contributed by atoms with E-state index in [1.807, 2.05) is 0 Å². The Balaban J connectivity index is 1.95. The standard InChI is InChI=1S/C22H20ClF4N3O2/c1-21(2,3)19(31)28-10-12-4-9-15(23)17(18(12)24)16-11-30(20(32)29-16)14-7-5-13(6-8-14)22(25,26)27/h4-9,11H,10H2,1-3H3,(H,28,31)(H,29,32). The highest BCUT2D eigenvalue weighted by Crippen LogP contribution is 2.32. The highest BCUT2D eigenvalue weighted by atomic mass is 35.5. The maximum absolute atomic E-state index is 15.2. The molecule has 0 saturated heterocycles. The molecule has 0 saturated carbocycles. The summed E-state index contributed by atoms with van der Waals surface area (Å²) in [4.78, 5) is 26.9. The number of alkyl halides is 3. The maximum Gasteiger partial charge on any atom is 0.416 e. The van der Waals surface area contributed by atoms with Crippen molar-refractivity contribution in [1.29, 1.82) is 0 Å². The van der Waals surface area contributed by atoms with Crippen LogP contribution in [0, 0.1) is 11.2 Å². The summed E-state index contributed by atoms with van der Waals surface area (Å²) in [5.74, 6) is -0.997. The molecular formula is C22H20ClF4N3O2. The average Bonchev–Trinajstić information content (AvgIpc) is 3.07. The van der Waals surface area contributed by atoms with Gasteiger partial charge in [-0.25, -0.2) is 9.18 Å². The zero-order chi connectivity index (χ0) is 23.8. The van der Waals surface area contributed by atoms with Gasteiger partial charge >= 0.3 is 11.9 Å². The quantitative estimate of drug-likeness (QED) is 0.509. The second-order valence-electron chi connectivity index (χ2n) is 8.22. The van der Waals surface area contributed by atoms with Crippen LogP contribution in [-0.4, -0.2) is 15.5 Å². The monoisotopic (exact) mass is 469 g/mol. The van der Waals surface area contributed by atoms with E-state index in [2.05, 4.69) is 10.3 Å². The fourth-order valence-corrected chi connectivity index (χ4v) is 3.19. The van der Waals surface area contributed by atoms with Crippen LogP contribution in [0.2, 0.25) is 5.02 Å². The molecule has 1 heterocycles. The van der Waals surface area contributed by atoms with Crippen molar-refractivity contribution >= 4 is 17.5 Å². The first-order valence-electron chi connectivity index (χ1n) is 9.54. The summed E-state index contributed by atoms with van der Waals surface area (Å²) in [7, 11) is 0. The number of imidazole rings is 1. The Morgan fingerprint density at radius 3 is 2.28 bits per heavy atom. The number of H-pyrrole nitrogens is 1. The molecule has 0 aliphatic carbocycles. The maximum atomic E-state index is 15.2. The highest BCUT2D eigenvalue weighted by molar-refractivity contribution is 6.33. The van der Waals surface area contributed by atoms with Crippen LogP contribution in [0.25, 0.3) is 16.9 Å². The molecule has 0 bridgehead atoms. The molecule has 10 heteroatoms. The van der Waals surface area contributed by atoms with E-state index in [1.54, 1.807) is 20.8 Å². The summed E-state index contributed by atoms with van der Waals surface area (Å²) in [5, 5.41) is 2.67. The lowest BCUT2D eigenvalue weighted by atomic mass is 9.95. The number of amides is 1. The molecule has 0 atom stereocenters. The first kappa shape index (κ1) is 23.6. The zero-order valence-electron chi connectivity index (χ0n) is 17.4. The van der Waals surface area contributed by atoms with Crippen molar-refractivity contribution in [2.24, 2.45) is 5.41 Å². The number of rotatable bonds is 4. The third-order valence-corrected chi connectivity index (χ3v) is 5.07. The predicted molar refractivity (Wildman–Crippen MR) is 113 cm³/mol. The molecule has 5 nitrogen and oxygen atoms in total. The van der Waals surface area contributed by atoms with Crippen LogP contribution < -0.4 is 11.0 Å². The normalized spacial score (nSPS) is 12.1. The van der Waals surface area contributed by atoms with Crippen molar-refractivity contribution < 1.29 is 22.4 Å². The fraction of sp³-hybridized carbons (Fsp3) is 0.273. The van der Waals surface area contributed by atoms with E-state index >= 15 is 4.39 Å². The molecule has 2 aromatic carbocycles. The van der Waals surface area contributed by atoms with E-state index < -0.39 is 28.7 Å². The van der Waals surface area contributed by atoms with Crippen molar-refractivity contribution in [2.75, 3.05) is 0 Å². The first-order chi connectivity index (χ1) is 14.8. The minimum Gasteiger partial charge on any atom is -0.351 e. The number of nitrogens with one attached hydrogen (secondary N) is 2. The highest BCUT2D eigenvalue weighted by Gasteiger charge is 2.30. The summed E-state index contributed by atoms with van der Waals surface area (Å²) >= 11 is 6.17. The van der Waals surface area contributed by atoms with Gasteiger partial charge < -0.3 is 10.3 Å². The molecule has 0 radical (unpaired) electrons. The molecule has 3 rings (SSSR count). The van der Waals surface area contributed by atoms with Crippen molar-refractivity contribution in [3.8, 4) is 16.9 Å². The van der Waals surface area contributed by atoms with Gasteiger partial charge in [-0.3, -0.25) is 9.36 Å². The van der Waals surface area contributed by atoms with Crippen molar-refractivity contribution in [3.63, 3.8) is 0 Å². The largest absolute Gasteiger partial charge is 0.416 e. The Morgan fingerprint density at radius 2 is 1.72 bits per heavy atom. The Morgan fingerprint density at radius 1 is 1.09 bits per heavy atom. The van der Waals surface area contributed by atoms with Gasteiger partial charge in [0.2, 0.25) is 5.91 Å². The first-order valence-corrected chi connectivity index (χ1v) is 9.91. The van der Waals surface area contributed by atoms with Crippen LogP contribution in [0.5, 0.6) is 0 Å². The lowest BCUT2D eigenvalue weighted by Gasteiger charge is -2.18. The van der Waals surface area contributed by atoms with Gasteiger partial charge in [0.25, 0.3) is 0 Å². The molecule has 32 heavy (non-hydrogen) atoms. The number of carbonyl (C=O) groups is 1. The molecule has 2 N–H and O–H groups in total. The Labute approximate surface area is 186 Å². The Kier molecular flexibility index (Phi) is 6.24. The van der Waals surface area contributed by atoms with Gasteiger partial charge in [0.15, 0.2) is 0 Å². The number of hydrogen-bond donors (Lipinski definition) is 2. The van der Waals surface area contributed by atoms with Gasteiger partial charge in [0.1, 0.15) is 5.82 Å². The van der Waals surface area contributed by atoms with Crippen molar-refractivity contribution in [3.05, 3.63) is 75.0 Å². The van der Waals surface area contributed by atoms with E-state index in [4.69, 9.17) is 11.6 Å². The number of hydrogen-bond acceptors (Lipinski definition) is 2. The SMILES string of the molecule is CC(C)(C)C(=O)NCc1ccc(Cl)c(-c2cn(-c3ccc(C(F)(F)F)cc3)c(=O)[nH]2)c1F. The lowest BCUT2D eigenvalue weighted by molar-refractivity contribution is -0.137. The second-order valence-corrected chi connectivity index (χ2v) is 8.62. The second kappa shape index (κ2) is 8.46. The zero-order valence-corrected chi connectivity index (χ0v) is 18.2. The summed E-state index contributed by atoms with van der Waals surface area (Å²) in [5.41, 5.74) is -1.92. The van der Waals surface area contributed by atoms with Gasteiger partial charge in [-0.1, -0.05) is 38.4 Å². The van der Waals surface area contributed by atoms with Crippen LogP contribution in [0.1, 0.15) is 31.9 Å². The predicted octanol–water partition coefficient (Wildman–Crippen LogP) is 5.31. The van der Waals surface area contributed by atoms with E-state index in [0.29, 0.717) is 0 Å². The van der Waals surface area contributed by atoms with Gasteiger partial charge in [0, 0.05) is 23.7 Å². The molecule has 0 fully saturated rings. The average molecular weight is 470 g/mol. The number of nitrogens with zero attached hydrogens (tertiary/aromatic N) is 1. The Hall–Kier alpha value is -3.07. The fourth-order valence-electron chi connectivity index (χ4n) is 2.95. The van der Waals surface area contributed by atoms with Crippen LogP contribution in [0.15, 0.2) is 47.4 Å². The van der Waals surface area contributed by atoms with Crippen LogP contribution >= 0.6 is 11.6 Å². The molecule has 1 amide bonds. The molecular weight excluding hydrogens is 450 g/mol. The number of benzene rings is 2. The summed E-state index contributed by atoms with van der Waals surface area (Å²) < 4.78 is 54.6. The number of aromatic amines is 1. The van der Waals surface area contributed by atoms with Gasteiger partial charge in [-0.2, -0.15) is 13.2 Å². The van der Waals surface area contributed by atoms with Crippen LogP contribution in [-0.2, 0) is 17.5 Å². The third-order valence-electron chi connectivity index (χ3n) is 4.75. The minimum atomic E-state index is -4.51. The lowest BCUT2D eigenvalue weighted by Crippen LogP contribution is -2.34. The van der Waals surface area contributed by atoms with Crippen LogP contribution in [0.3, 0.4) is 0 Å². The molecule has 3 aromatic rings. The number of halogens is 5. The van der Waals surface area contributed by atoms with E-state index in [0.717, 1.165) is 28.8 Å². The molecule has 170 valence electrons. The number of carbonyl (C=O) groups excluding carboxylic acids is 1. The molecule has 0 spiro atoms. The summed E-state index contributed by atoms with van der Waals surface area (Å²) in [6, 6.07) is 6.83. The van der Waals surface area contributed by atoms with E-state index in [1.165, 1.54) is 18.3 Å². The van der Waals surface area contributed by atoms with Gasteiger partial charge in [0.05, 0.1) is 27.5 Å². The number of aromatic nitrogens is 2. The van der Waals surface area contributed by atoms with Crippen LogP contribution in [0.4, 0.5) is 17.6 Å². The molecule has 1 aromatic heterocycles. The Bertz CT molecular complexity index is 1210. The molecule has 0 aliphatic heterocycles. The molecule has 0 aliphatic rings. The van der Waals surface area contributed by atoms with Crippen molar-refractivity contribution in [2.45, 2.75) is 33.5 Å². The minimum absolute atomic E-state index is 0.0224. The summed E-state index contributed by atoms with van der Waals surface area (Å²) in [6.07, 6.45) is -3.25. The van der Waals surface area contributed by atoms with Gasteiger partial charge in [-0.15, -0.1) is 0 Å². The topological polar surface area (TPSA) is 66.9 Å². The summed E-state index contributed by atoms with van der Waals surface area (Å²) in [6.45, 7) is 5.08.